The van der Waals surface area contributed by atoms with E-state index in [2.05, 4.69) is 17.3 Å². The van der Waals surface area contributed by atoms with Gasteiger partial charge in [0.15, 0.2) is 5.69 Å². The summed E-state index contributed by atoms with van der Waals surface area (Å²) in [5.74, 6) is -0.605. The molecule has 1 unspecified atom stereocenters. The minimum Gasteiger partial charge on any atom is -0.350 e. The lowest BCUT2D eigenvalue weighted by atomic mass is 10.0. The Balaban J connectivity index is 1.43. The van der Waals surface area contributed by atoms with Crippen LogP contribution in [0.3, 0.4) is 0 Å². The lowest BCUT2D eigenvalue weighted by Crippen LogP contribution is -2.30. The lowest BCUT2D eigenvalue weighted by Gasteiger charge is -2.20. The van der Waals surface area contributed by atoms with E-state index in [-0.39, 0.29) is 29.2 Å². The number of benzene rings is 2. The fraction of sp³-hybridized carbons (Fsp3) is 0.292. The van der Waals surface area contributed by atoms with Crippen molar-refractivity contribution in [2.24, 2.45) is 0 Å². The summed E-state index contributed by atoms with van der Waals surface area (Å²) in [4.78, 5) is 27.4. The predicted octanol–water partition coefficient (Wildman–Crippen LogP) is 3.60. The quantitative estimate of drug-likeness (QED) is 0.663. The van der Waals surface area contributed by atoms with Gasteiger partial charge in [0.25, 0.3) is 11.8 Å². The van der Waals surface area contributed by atoms with Gasteiger partial charge in [-0.2, -0.15) is 5.10 Å². The molecule has 1 aliphatic heterocycles. The molecule has 7 heteroatoms. The van der Waals surface area contributed by atoms with Crippen LogP contribution in [0.2, 0.25) is 0 Å². The number of fused-ring (bicyclic) bond motifs is 1. The number of halogens is 1. The maximum atomic E-state index is 13.2. The SMILES string of the molecule is CC(CNC(=O)c1cc2n(n1)CCCN(Cc1ccc(F)cc1)C2=O)c1ccccc1. The summed E-state index contributed by atoms with van der Waals surface area (Å²) >= 11 is 0. The first-order valence-electron chi connectivity index (χ1n) is 10.5. The van der Waals surface area contributed by atoms with Crippen molar-refractivity contribution in [3.8, 4) is 0 Å². The summed E-state index contributed by atoms with van der Waals surface area (Å²) < 4.78 is 14.8. The van der Waals surface area contributed by atoms with E-state index in [0.717, 1.165) is 17.5 Å². The highest BCUT2D eigenvalue weighted by Gasteiger charge is 2.26. The Hall–Kier alpha value is -3.48. The van der Waals surface area contributed by atoms with E-state index >= 15 is 0 Å². The number of amides is 2. The van der Waals surface area contributed by atoms with E-state index in [4.69, 9.17) is 0 Å². The Morgan fingerprint density at radius 1 is 1.13 bits per heavy atom. The highest BCUT2D eigenvalue weighted by atomic mass is 19.1. The van der Waals surface area contributed by atoms with Crippen LogP contribution in [0.1, 0.15) is 51.4 Å². The highest BCUT2D eigenvalue weighted by molar-refractivity contribution is 5.98. The molecule has 0 aliphatic carbocycles. The molecule has 1 N–H and O–H groups in total. The maximum Gasteiger partial charge on any atom is 0.272 e. The van der Waals surface area contributed by atoms with Crippen LogP contribution in [0, 0.1) is 5.82 Å². The van der Waals surface area contributed by atoms with Gasteiger partial charge in [0, 0.05) is 32.2 Å². The van der Waals surface area contributed by atoms with Crippen molar-refractivity contribution in [2.45, 2.75) is 32.4 Å². The molecule has 0 spiro atoms. The number of carbonyl (C=O) groups is 2. The Kier molecular flexibility index (Phi) is 6.11. The largest absolute Gasteiger partial charge is 0.350 e. The molecular weight excluding hydrogens is 395 g/mol. The van der Waals surface area contributed by atoms with Gasteiger partial charge in [0.05, 0.1) is 0 Å². The molecule has 4 rings (SSSR count). The minimum absolute atomic E-state index is 0.165. The fourth-order valence-electron chi connectivity index (χ4n) is 3.74. The Labute approximate surface area is 180 Å². The van der Waals surface area contributed by atoms with Crippen molar-refractivity contribution in [1.82, 2.24) is 20.0 Å². The molecule has 0 fully saturated rings. The van der Waals surface area contributed by atoms with Crippen molar-refractivity contribution >= 4 is 11.8 Å². The number of hydrogen-bond acceptors (Lipinski definition) is 3. The smallest absolute Gasteiger partial charge is 0.272 e. The molecule has 1 aliphatic rings. The molecular formula is C24H25FN4O2. The molecule has 6 nitrogen and oxygen atoms in total. The Morgan fingerprint density at radius 3 is 2.61 bits per heavy atom. The van der Waals surface area contributed by atoms with Gasteiger partial charge in [-0.05, 0) is 35.6 Å². The van der Waals surface area contributed by atoms with Gasteiger partial charge in [0.1, 0.15) is 11.5 Å². The lowest BCUT2D eigenvalue weighted by molar-refractivity contribution is 0.0745. The van der Waals surface area contributed by atoms with E-state index in [0.29, 0.717) is 31.9 Å². The second kappa shape index (κ2) is 9.12. The third kappa shape index (κ3) is 4.82. The van der Waals surface area contributed by atoms with Crippen LogP contribution in [-0.4, -0.2) is 39.6 Å². The standard InChI is InChI=1S/C24H25FN4O2/c1-17(19-6-3-2-4-7-19)15-26-23(30)21-14-22-24(31)28(12-5-13-29(22)27-21)16-18-8-10-20(25)11-9-18/h2-4,6-11,14,17H,5,12-13,15-16H2,1H3,(H,26,30). The third-order valence-electron chi connectivity index (χ3n) is 5.54. The molecule has 2 aromatic carbocycles. The average molecular weight is 420 g/mol. The normalized spacial score (nSPS) is 14.6. The first-order chi connectivity index (χ1) is 15.0. The zero-order valence-electron chi connectivity index (χ0n) is 17.4. The van der Waals surface area contributed by atoms with E-state index in [9.17, 15) is 14.0 Å². The molecule has 1 aromatic heterocycles. The number of nitrogens with one attached hydrogen (secondary N) is 1. The fourth-order valence-corrected chi connectivity index (χ4v) is 3.74. The summed E-state index contributed by atoms with van der Waals surface area (Å²) in [5, 5.41) is 7.29. The monoisotopic (exact) mass is 420 g/mol. The first-order valence-corrected chi connectivity index (χ1v) is 10.5. The predicted molar refractivity (Wildman–Crippen MR) is 115 cm³/mol. The summed E-state index contributed by atoms with van der Waals surface area (Å²) in [6.45, 7) is 4.06. The molecule has 0 saturated heterocycles. The molecule has 0 bridgehead atoms. The van der Waals surface area contributed by atoms with E-state index in [1.807, 2.05) is 30.3 Å². The Bertz CT molecular complexity index is 1060. The van der Waals surface area contributed by atoms with Crippen LogP contribution in [0.15, 0.2) is 60.7 Å². The molecule has 0 radical (unpaired) electrons. The molecule has 0 saturated carbocycles. The molecule has 3 aromatic rings. The van der Waals surface area contributed by atoms with Gasteiger partial charge in [0.2, 0.25) is 0 Å². The molecule has 2 amide bonds. The second-order valence-electron chi connectivity index (χ2n) is 7.87. The van der Waals surface area contributed by atoms with Gasteiger partial charge in [-0.15, -0.1) is 0 Å². The summed E-state index contributed by atoms with van der Waals surface area (Å²) in [6.07, 6.45) is 0.730. The van der Waals surface area contributed by atoms with E-state index in [1.165, 1.54) is 12.1 Å². The molecule has 31 heavy (non-hydrogen) atoms. The number of aromatic nitrogens is 2. The maximum absolute atomic E-state index is 13.2. The van der Waals surface area contributed by atoms with Gasteiger partial charge in [-0.1, -0.05) is 49.4 Å². The van der Waals surface area contributed by atoms with Crippen LogP contribution in [0.25, 0.3) is 0 Å². The van der Waals surface area contributed by atoms with Crippen LogP contribution < -0.4 is 5.32 Å². The molecule has 1 atom stereocenters. The molecule has 160 valence electrons. The van der Waals surface area contributed by atoms with Crippen LogP contribution in [0.5, 0.6) is 0 Å². The van der Waals surface area contributed by atoms with E-state index < -0.39 is 0 Å². The van der Waals surface area contributed by atoms with Crippen molar-refractivity contribution in [2.75, 3.05) is 13.1 Å². The summed E-state index contributed by atoms with van der Waals surface area (Å²) in [6, 6.07) is 17.7. The van der Waals surface area contributed by atoms with Gasteiger partial charge in [-0.25, -0.2) is 4.39 Å². The van der Waals surface area contributed by atoms with Crippen molar-refractivity contribution in [3.05, 3.63) is 89.0 Å². The average Bonchev–Trinajstić information content (AvgIpc) is 3.16. The number of rotatable bonds is 6. The van der Waals surface area contributed by atoms with Gasteiger partial charge >= 0.3 is 0 Å². The number of nitrogens with zero attached hydrogens (tertiary/aromatic N) is 3. The zero-order chi connectivity index (χ0) is 21.8. The van der Waals surface area contributed by atoms with Crippen LogP contribution in [-0.2, 0) is 13.1 Å². The topological polar surface area (TPSA) is 67.2 Å². The number of hydrogen-bond donors (Lipinski definition) is 1. The van der Waals surface area contributed by atoms with Gasteiger partial charge < -0.3 is 10.2 Å². The summed E-state index contributed by atoms with van der Waals surface area (Å²) in [5.41, 5.74) is 2.65. The highest BCUT2D eigenvalue weighted by Crippen LogP contribution is 2.18. The number of carbonyl (C=O) groups excluding carboxylic acids is 2. The van der Waals surface area contributed by atoms with E-state index in [1.54, 1.807) is 27.8 Å². The minimum atomic E-state index is -0.304. The first kappa shape index (κ1) is 20.8. The Morgan fingerprint density at radius 2 is 1.87 bits per heavy atom. The zero-order valence-corrected chi connectivity index (χ0v) is 17.4. The van der Waals surface area contributed by atoms with Crippen molar-refractivity contribution in [3.63, 3.8) is 0 Å². The second-order valence-corrected chi connectivity index (χ2v) is 7.87. The van der Waals surface area contributed by atoms with Crippen molar-refractivity contribution < 1.29 is 14.0 Å². The number of aryl methyl sites for hydroxylation is 1. The van der Waals surface area contributed by atoms with Crippen LogP contribution in [0.4, 0.5) is 4.39 Å². The third-order valence-corrected chi connectivity index (χ3v) is 5.54. The van der Waals surface area contributed by atoms with Crippen molar-refractivity contribution in [1.29, 1.82) is 0 Å². The summed E-state index contributed by atoms with van der Waals surface area (Å²) in [7, 11) is 0. The molecule has 2 heterocycles. The van der Waals surface area contributed by atoms with Gasteiger partial charge in [-0.3, -0.25) is 14.3 Å². The van der Waals surface area contributed by atoms with Crippen LogP contribution >= 0.6 is 0 Å².